The summed E-state index contributed by atoms with van der Waals surface area (Å²) < 4.78 is 6.44. The fourth-order valence-electron chi connectivity index (χ4n) is 2.46. The van der Waals surface area contributed by atoms with Gasteiger partial charge in [0.15, 0.2) is 0 Å². The summed E-state index contributed by atoms with van der Waals surface area (Å²) in [5.41, 5.74) is 1.09. The summed E-state index contributed by atoms with van der Waals surface area (Å²) in [7, 11) is 1.72. The van der Waals surface area contributed by atoms with Gasteiger partial charge in [-0.2, -0.15) is 0 Å². The number of anilines is 1. The van der Waals surface area contributed by atoms with Gasteiger partial charge in [0.25, 0.3) is 0 Å². The predicted molar refractivity (Wildman–Crippen MR) is 75.8 cm³/mol. The molecule has 0 radical (unpaired) electrons. The van der Waals surface area contributed by atoms with Crippen molar-refractivity contribution >= 4 is 21.6 Å². The van der Waals surface area contributed by atoms with Crippen molar-refractivity contribution < 1.29 is 4.74 Å². The first-order chi connectivity index (χ1) is 8.29. The van der Waals surface area contributed by atoms with E-state index < -0.39 is 0 Å². The molecule has 0 heterocycles. The van der Waals surface area contributed by atoms with Gasteiger partial charge in [-0.05, 0) is 37.0 Å². The largest absolute Gasteiger partial charge is 0.495 e. The van der Waals surface area contributed by atoms with E-state index in [0.29, 0.717) is 0 Å². The maximum Gasteiger partial charge on any atom is 0.142 e. The quantitative estimate of drug-likeness (QED) is 0.886. The Balaban J connectivity index is 1.95. The summed E-state index contributed by atoms with van der Waals surface area (Å²) >= 11 is 3.50. The molecule has 2 rings (SSSR count). The predicted octanol–water partition coefficient (Wildman–Crippen LogP) is 4.45. The van der Waals surface area contributed by atoms with E-state index in [2.05, 4.69) is 27.3 Å². The van der Waals surface area contributed by atoms with Gasteiger partial charge in [0, 0.05) is 11.0 Å². The number of nitrogens with one attached hydrogen (secondary N) is 1. The number of rotatable bonds is 4. The Bertz CT molecular complexity index is 361. The van der Waals surface area contributed by atoms with Crippen molar-refractivity contribution in [3.05, 3.63) is 22.7 Å². The van der Waals surface area contributed by atoms with E-state index in [1.54, 1.807) is 7.11 Å². The minimum absolute atomic E-state index is 0.826. The molecule has 0 bridgehead atoms. The summed E-state index contributed by atoms with van der Waals surface area (Å²) in [6.07, 6.45) is 6.92. The molecule has 0 amide bonds. The Morgan fingerprint density at radius 3 is 2.76 bits per heavy atom. The topological polar surface area (TPSA) is 21.3 Å². The summed E-state index contributed by atoms with van der Waals surface area (Å²) in [5.74, 6) is 1.75. The number of methoxy groups -OCH3 is 1. The molecule has 0 unspecified atom stereocenters. The summed E-state index contributed by atoms with van der Waals surface area (Å²) in [6, 6.07) is 6.08. The van der Waals surface area contributed by atoms with E-state index in [1.165, 1.54) is 32.1 Å². The van der Waals surface area contributed by atoms with Crippen LogP contribution in [-0.4, -0.2) is 13.7 Å². The lowest BCUT2D eigenvalue weighted by Crippen LogP contribution is -2.17. The molecule has 0 saturated heterocycles. The molecule has 0 spiro atoms. The first kappa shape index (κ1) is 12.7. The van der Waals surface area contributed by atoms with E-state index in [-0.39, 0.29) is 0 Å². The van der Waals surface area contributed by atoms with Crippen molar-refractivity contribution in [1.82, 2.24) is 0 Å². The number of ether oxygens (including phenoxy) is 1. The molecule has 1 aromatic rings. The molecule has 0 aromatic heterocycles. The Hall–Kier alpha value is -0.700. The Kier molecular flexibility index (Phi) is 4.72. The van der Waals surface area contributed by atoms with Gasteiger partial charge in [-0.25, -0.2) is 0 Å². The summed E-state index contributed by atoms with van der Waals surface area (Å²) in [4.78, 5) is 0. The SMILES string of the molecule is COc1ccc(Br)cc1NCC1CCCCC1. The molecule has 1 aliphatic rings. The van der Waals surface area contributed by atoms with Gasteiger partial charge in [0.2, 0.25) is 0 Å². The highest BCUT2D eigenvalue weighted by Crippen LogP contribution is 2.29. The smallest absolute Gasteiger partial charge is 0.142 e. The third-order valence-electron chi connectivity index (χ3n) is 3.47. The Morgan fingerprint density at radius 1 is 1.29 bits per heavy atom. The molecule has 3 heteroatoms. The second-order valence-electron chi connectivity index (χ2n) is 4.73. The van der Waals surface area contributed by atoms with Gasteiger partial charge < -0.3 is 10.1 Å². The van der Waals surface area contributed by atoms with Gasteiger partial charge in [0.1, 0.15) is 5.75 Å². The lowest BCUT2D eigenvalue weighted by molar-refractivity contribution is 0.372. The van der Waals surface area contributed by atoms with E-state index in [0.717, 1.165) is 28.4 Å². The van der Waals surface area contributed by atoms with Crippen molar-refractivity contribution in [1.29, 1.82) is 0 Å². The van der Waals surface area contributed by atoms with Crippen LogP contribution < -0.4 is 10.1 Å². The first-order valence-electron chi connectivity index (χ1n) is 6.37. The molecule has 1 saturated carbocycles. The molecular weight excluding hydrogens is 278 g/mol. The highest BCUT2D eigenvalue weighted by atomic mass is 79.9. The maximum atomic E-state index is 5.36. The molecule has 17 heavy (non-hydrogen) atoms. The van der Waals surface area contributed by atoms with Gasteiger partial charge in [-0.3, -0.25) is 0 Å². The molecule has 1 aromatic carbocycles. The molecule has 94 valence electrons. The van der Waals surface area contributed by atoms with E-state index in [9.17, 15) is 0 Å². The van der Waals surface area contributed by atoms with Gasteiger partial charge in [-0.15, -0.1) is 0 Å². The lowest BCUT2D eigenvalue weighted by Gasteiger charge is -2.23. The van der Waals surface area contributed by atoms with Crippen LogP contribution in [0, 0.1) is 5.92 Å². The van der Waals surface area contributed by atoms with Crippen molar-refractivity contribution in [2.45, 2.75) is 32.1 Å². The van der Waals surface area contributed by atoms with Gasteiger partial charge in [0.05, 0.1) is 12.8 Å². The van der Waals surface area contributed by atoms with Crippen LogP contribution in [-0.2, 0) is 0 Å². The zero-order valence-corrected chi connectivity index (χ0v) is 11.9. The van der Waals surface area contributed by atoms with Crippen LogP contribution in [0.5, 0.6) is 5.75 Å². The normalized spacial score (nSPS) is 16.8. The molecule has 2 nitrogen and oxygen atoms in total. The molecule has 0 atom stereocenters. The minimum Gasteiger partial charge on any atom is -0.495 e. The van der Waals surface area contributed by atoms with Crippen LogP contribution in [0.15, 0.2) is 22.7 Å². The average Bonchev–Trinajstić information content (AvgIpc) is 2.38. The lowest BCUT2D eigenvalue weighted by atomic mass is 9.89. The number of halogens is 1. The summed E-state index contributed by atoms with van der Waals surface area (Å²) in [6.45, 7) is 1.06. The fraction of sp³-hybridized carbons (Fsp3) is 0.571. The molecular formula is C14H20BrNO. The zero-order chi connectivity index (χ0) is 12.1. The van der Waals surface area contributed by atoms with Crippen molar-refractivity contribution in [3.63, 3.8) is 0 Å². The second-order valence-corrected chi connectivity index (χ2v) is 5.65. The molecule has 1 N–H and O–H groups in total. The standard InChI is InChI=1S/C14H20BrNO/c1-17-14-8-7-12(15)9-13(14)16-10-11-5-3-2-4-6-11/h7-9,11,16H,2-6,10H2,1H3. The van der Waals surface area contributed by atoms with E-state index in [1.807, 2.05) is 12.1 Å². The van der Waals surface area contributed by atoms with Crippen LogP contribution in [0.25, 0.3) is 0 Å². The van der Waals surface area contributed by atoms with Crippen LogP contribution in [0.4, 0.5) is 5.69 Å². The van der Waals surface area contributed by atoms with Crippen molar-refractivity contribution in [3.8, 4) is 5.75 Å². The number of benzene rings is 1. The van der Waals surface area contributed by atoms with Crippen LogP contribution in [0.3, 0.4) is 0 Å². The maximum absolute atomic E-state index is 5.36. The molecule has 1 fully saturated rings. The highest BCUT2D eigenvalue weighted by Gasteiger charge is 2.13. The average molecular weight is 298 g/mol. The second kappa shape index (κ2) is 6.29. The van der Waals surface area contributed by atoms with Crippen LogP contribution in [0.2, 0.25) is 0 Å². The Morgan fingerprint density at radius 2 is 2.06 bits per heavy atom. The highest BCUT2D eigenvalue weighted by molar-refractivity contribution is 9.10. The molecule has 1 aliphatic carbocycles. The molecule has 0 aliphatic heterocycles. The van der Waals surface area contributed by atoms with Crippen molar-refractivity contribution in [2.75, 3.05) is 19.0 Å². The fourth-order valence-corrected chi connectivity index (χ4v) is 2.82. The summed E-state index contributed by atoms with van der Waals surface area (Å²) in [5, 5.41) is 3.52. The van der Waals surface area contributed by atoms with Crippen LogP contribution >= 0.6 is 15.9 Å². The van der Waals surface area contributed by atoms with E-state index >= 15 is 0 Å². The zero-order valence-electron chi connectivity index (χ0n) is 10.3. The number of hydrogen-bond acceptors (Lipinski definition) is 2. The third-order valence-corrected chi connectivity index (χ3v) is 3.96. The minimum atomic E-state index is 0.826. The van der Waals surface area contributed by atoms with Gasteiger partial charge in [-0.1, -0.05) is 35.2 Å². The first-order valence-corrected chi connectivity index (χ1v) is 7.16. The van der Waals surface area contributed by atoms with E-state index in [4.69, 9.17) is 4.74 Å². The third kappa shape index (κ3) is 3.63. The number of hydrogen-bond donors (Lipinski definition) is 1. The monoisotopic (exact) mass is 297 g/mol. The Labute approximate surface area is 112 Å². The van der Waals surface area contributed by atoms with Gasteiger partial charge >= 0.3 is 0 Å². The van der Waals surface area contributed by atoms with Crippen LogP contribution in [0.1, 0.15) is 32.1 Å². The van der Waals surface area contributed by atoms with Crippen molar-refractivity contribution in [2.24, 2.45) is 5.92 Å².